The maximum Gasteiger partial charge on any atom is 0.162 e. The van der Waals surface area contributed by atoms with Gasteiger partial charge in [0.2, 0.25) is 0 Å². The van der Waals surface area contributed by atoms with Gasteiger partial charge in [0.05, 0.1) is 13.3 Å². The number of aromatic nitrogens is 2. The smallest absolute Gasteiger partial charge is 0.162 e. The van der Waals surface area contributed by atoms with Gasteiger partial charge in [-0.15, -0.1) is 0 Å². The summed E-state index contributed by atoms with van der Waals surface area (Å²) in [7, 11) is 1.64. The monoisotopic (exact) mass is 281 g/mol. The zero-order chi connectivity index (χ0) is 14.8. The van der Waals surface area contributed by atoms with Gasteiger partial charge < -0.3 is 15.2 Å². The van der Waals surface area contributed by atoms with Crippen molar-refractivity contribution in [1.82, 2.24) is 15.1 Å². The number of hydrogen-bond donors (Lipinski definition) is 2. The van der Waals surface area contributed by atoms with Crippen LogP contribution in [0.25, 0.3) is 0 Å². The maximum atomic E-state index is 11.1. The van der Waals surface area contributed by atoms with Crippen molar-refractivity contribution in [2.24, 2.45) is 0 Å². The van der Waals surface area contributed by atoms with E-state index in [1.165, 1.54) is 0 Å². The van der Waals surface area contributed by atoms with E-state index in [4.69, 9.17) is 4.74 Å². The maximum absolute atomic E-state index is 11.1. The summed E-state index contributed by atoms with van der Waals surface area (Å²) in [5.41, 5.74) is 0.0165. The Hall–Kier alpha value is -1.07. The quantitative estimate of drug-likeness (QED) is 0.869. The summed E-state index contributed by atoms with van der Waals surface area (Å²) in [5.74, 6) is 0.697. The summed E-state index contributed by atoms with van der Waals surface area (Å²) < 4.78 is 7.31. The molecule has 5 nitrogen and oxygen atoms in total. The average Bonchev–Trinajstić information content (AvgIpc) is 2.87. The Kier molecular flexibility index (Phi) is 4.70. The molecule has 20 heavy (non-hydrogen) atoms. The van der Waals surface area contributed by atoms with E-state index in [0.717, 1.165) is 37.9 Å². The summed E-state index contributed by atoms with van der Waals surface area (Å²) in [4.78, 5) is 0. The van der Waals surface area contributed by atoms with Gasteiger partial charge in [0, 0.05) is 12.1 Å². The van der Waals surface area contributed by atoms with Crippen molar-refractivity contribution >= 4 is 0 Å². The van der Waals surface area contributed by atoms with Crippen molar-refractivity contribution in [2.45, 2.75) is 64.1 Å². The molecule has 0 saturated heterocycles. The number of nitrogens with one attached hydrogen (secondary N) is 1. The van der Waals surface area contributed by atoms with Crippen molar-refractivity contribution < 1.29 is 9.84 Å². The molecule has 0 bridgehead atoms. The van der Waals surface area contributed by atoms with E-state index in [1.807, 2.05) is 4.68 Å². The van der Waals surface area contributed by atoms with Gasteiger partial charge in [0.25, 0.3) is 0 Å². The van der Waals surface area contributed by atoms with Crippen molar-refractivity contribution in [2.75, 3.05) is 13.7 Å². The number of ether oxygens (including phenoxy) is 1. The Bertz CT molecular complexity index is 434. The summed E-state index contributed by atoms with van der Waals surface area (Å²) >= 11 is 0. The molecule has 1 aromatic rings. The molecular weight excluding hydrogens is 254 g/mol. The van der Waals surface area contributed by atoms with Crippen LogP contribution in [0.15, 0.2) is 6.20 Å². The second-order valence-corrected chi connectivity index (χ2v) is 5.96. The third kappa shape index (κ3) is 2.83. The fourth-order valence-electron chi connectivity index (χ4n) is 3.15. The van der Waals surface area contributed by atoms with Crippen LogP contribution < -0.4 is 10.1 Å². The molecule has 1 aromatic heterocycles. The van der Waals surface area contributed by atoms with E-state index in [2.05, 4.69) is 31.2 Å². The van der Waals surface area contributed by atoms with E-state index in [0.29, 0.717) is 11.8 Å². The Labute approximate surface area is 121 Å². The highest BCUT2D eigenvalue weighted by Gasteiger charge is 2.40. The fraction of sp³-hybridized carbons (Fsp3) is 0.800. The number of methoxy groups -OCH3 is 1. The first-order valence-electron chi connectivity index (χ1n) is 7.59. The van der Waals surface area contributed by atoms with Crippen LogP contribution in [0.1, 0.15) is 58.2 Å². The fourth-order valence-corrected chi connectivity index (χ4v) is 3.15. The lowest BCUT2D eigenvalue weighted by Crippen LogP contribution is -2.41. The van der Waals surface area contributed by atoms with Crippen LogP contribution in [-0.2, 0) is 5.60 Å². The molecular formula is C15H27N3O2. The van der Waals surface area contributed by atoms with E-state index in [-0.39, 0.29) is 6.04 Å². The van der Waals surface area contributed by atoms with Crippen LogP contribution in [-0.4, -0.2) is 34.6 Å². The molecule has 0 amide bonds. The molecule has 1 aliphatic rings. The molecule has 0 unspecified atom stereocenters. The number of aliphatic hydroxyl groups is 1. The largest absolute Gasteiger partial charge is 0.493 e. The van der Waals surface area contributed by atoms with Gasteiger partial charge in [-0.3, -0.25) is 4.68 Å². The van der Waals surface area contributed by atoms with Crippen molar-refractivity contribution in [3.8, 4) is 5.75 Å². The molecule has 0 aromatic carbocycles. The summed E-state index contributed by atoms with van der Waals surface area (Å²) in [6.45, 7) is 7.25. The summed E-state index contributed by atoms with van der Waals surface area (Å²) in [6.07, 6.45) is 5.18. The van der Waals surface area contributed by atoms with Crippen LogP contribution in [0, 0.1) is 0 Å². The summed E-state index contributed by atoms with van der Waals surface area (Å²) in [6, 6.07) is 0.728. The van der Waals surface area contributed by atoms with Gasteiger partial charge >= 0.3 is 0 Å². The normalized spacial score (nSPS) is 27.0. The van der Waals surface area contributed by atoms with Gasteiger partial charge in [0.15, 0.2) is 5.75 Å². The van der Waals surface area contributed by atoms with Crippen LogP contribution in [0.3, 0.4) is 0 Å². The van der Waals surface area contributed by atoms with Gasteiger partial charge in [-0.1, -0.05) is 6.92 Å². The highest BCUT2D eigenvalue weighted by atomic mass is 16.5. The van der Waals surface area contributed by atoms with E-state index in [1.54, 1.807) is 13.3 Å². The number of rotatable bonds is 5. The SMILES string of the molecule is CCNC1CCC(O)(c2c(OC)cnn2C(C)C)CC1. The first kappa shape index (κ1) is 15.3. The van der Waals surface area contributed by atoms with Crippen LogP contribution in [0.5, 0.6) is 5.75 Å². The predicted octanol–water partition coefficient (Wildman–Crippen LogP) is 2.21. The predicted molar refractivity (Wildman–Crippen MR) is 79.0 cm³/mol. The van der Waals surface area contributed by atoms with Crippen LogP contribution in [0.2, 0.25) is 0 Å². The highest BCUT2D eigenvalue weighted by molar-refractivity contribution is 5.31. The molecule has 0 spiro atoms. The lowest BCUT2D eigenvalue weighted by molar-refractivity contribution is -0.0186. The topological polar surface area (TPSA) is 59.3 Å². The van der Waals surface area contributed by atoms with Crippen LogP contribution >= 0.6 is 0 Å². The van der Waals surface area contributed by atoms with Gasteiger partial charge in [-0.25, -0.2) is 0 Å². The van der Waals surface area contributed by atoms with Crippen molar-refractivity contribution in [1.29, 1.82) is 0 Å². The molecule has 5 heteroatoms. The second-order valence-electron chi connectivity index (χ2n) is 5.96. The molecule has 2 N–H and O–H groups in total. The Morgan fingerprint density at radius 3 is 2.65 bits per heavy atom. The zero-order valence-electron chi connectivity index (χ0n) is 13.0. The first-order valence-corrected chi connectivity index (χ1v) is 7.59. The molecule has 1 fully saturated rings. The zero-order valence-corrected chi connectivity index (χ0v) is 13.0. The Balaban J connectivity index is 2.24. The molecule has 1 saturated carbocycles. The molecule has 0 aliphatic heterocycles. The van der Waals surface area contributed by atoms with Crippen LogP contribution in [0.4, 0.5) is 0 Å². The lowest BCUT2D eigenvalue weighted by Gasteiger charge is -2.37. The van der Waals surface area contributed by atoms with E-state index < -0.39 is 5.60 Å². The number of nitrogens with zero attached hydrogens (tertiary/aromatic N) is 2. The minimum Gasteiger partial charge on any atom is -0.493 e. The number of hydrogen-bond acceptors (Lipinski definition) is 4. The van der Waals surface area contributed by atoms with E-state index >= 15 is 0 Å². The first-order chi connectivity index (χ1) is 9.51. The molecule has 0 radical (unpaired) electrons. The Morgan fingerprint density at radius 1 is 1.50 bits per heavy atom. The average molecular weight is 281 g/mol. The molecule has 1 heterocycles. The molecule has 114 valence electrons. The highest BCUT2D eigenvalue weighted by Crippen LogP contribution is 2.42. The minimum atomic E-state index is -0.821. The third-order valence-corrected chi connectivity index (χ3v) is 4.22. The standard InChI is InChI=1S/C15H27N3O2/c1-5-16-12-6-8-15(19,9-7-12)14-13(20-4)10-17-18(14)11(2)3/h10-12,16,19H,5-9H2,1-4H3. The molecule has 2 rings (SSSR count). The minimum absolute atomic E-state index is 0.212. The van der Waals surface area contributed by atoms with Crippen molar-refractivity contribution in [3.63, 3.8) is 0 Å². The van der Waals surface area contributed by atoms with Gasteiger partial charge in [0.1, 0.15) is 11.3 Å². The Morgan fingerprint density at radius 2 is 2.15 bits per heavy atom. The van der Waals surface area contributed by atoms with Gasteiger partial charge in [-0.2, -0.15) is 5.10 Å². The lowest BCUT2D eigenvalue weighted by atomic mass is 9.79. The van der Waals surface area contributed by atoms with Crippen molar-refractivity contribution in [3.05, 3.63) is 11.9 Å². The summed E-state index contributed by atoms with van der Waals surface area (Å²) in [5, 5.41) is 18.9. The van der Waals surface area contributed by atoms with Gasteiger partial charge in [-0.05, 0) is 46.1 Å². The third-order valence-electron chi connectivity index (χ3n) is 4.22. The molecule has 1 aliphatic carbocycles. The second kappa shape index (κ2) is 6.14. The molecule has 0 atom stereocenters. The van der Waals surface area contributed by atoms with E-state index in [9.17, 15) is 5.11 Å².